The number of primary amides is 2. The predicted octanol–water partition coefficient (Wildman–Crippen LogP) is 9.44. The minimum Gasteiger partial charge on any atom is -0.476 e. The molecule has 3 aliphatic heterocycles. The van der Waals surface area contributed by atoms with Crippen LogP contribution in [0.2, 0.25) is 0 Å². The summed E-state index contributed by atoms with van der Waals surface area (Å²) in [5.74, 6) is -4.01. The third-order valence-electron chi connectivity index (χ3n) is 22.7. The Morgan fingerprint density at radius 3 is 2.22 bits per heavy atom. The van der Waals surface area contributed by atoms with Gasteiger partial charge in [0.1, 0.15) is 24.5 Å². The molecule has 7 aliphatic rings. The van der Waals surface area contributed by atoms with Gasteiger partial charge in [-0.25, -0.2) is 24.4 Å². The van der Waals surface area contributed by atoms with Crippen LogP contribution in [-0.4, -0.2) is 185 Å². The topological polar surface area (TPSA) is 398 Å². The zero-order valence-electron chi connectivity index (χ0n) is 63.1. The van der Waals surface area contributed by atoms with Crippen LogP contribution >= 0.6 is 18.9 Å². The number of pyridine rings is 1. The fourth-order valence-corrected chi connectivity index (χ4v) is 20.2. The Morgan fingerprint density at radius 1 is 0.809 bits per heavy atom. The number of amides is 9. The van der Waals surface area contributed by atoms with E-state index in [9.17, 15) is 62.6 Å². The number of aromatic nitrogens is 4. The van der Waals surface area contributed by atoms with Crippen molar-refractivity contribution in [3.8, 4) is 11.1 Å². The monoisotopic (exact) mass is 1550 g/mol. The molecule has 1 saturated heterocycles. The number of carbonyl (C=O) groups excluding carboxylic acids is 8. The van der Waals surface area contributed by atoms with Gasteiger partial charge in [0.25, 0.3) is 23.6 Å². The lowest BCUT2D eigenvalue weighted by Gasteiger charge is -2.69. The number of fused-ring (bicyclic) bond motifs is 2. The molecule has 6 aromatic rings. The molecular weight excluding hydrogens is 1450 g/mol. The van der Waals surface area contributed by atoms with Crippen molar-refractivity contribution in [1.29, 1.82) is 0 Å². The number of anilines is 3. The SMILES string of the molecule is Cc1c(-c2ccc(N3CCc4cccc(C(=O)Nc5nc6ccccc6s5)c4C3)nc2C(=O)O)cnn1CC12CC3(C)CC(C)(C1)CC(OCCN(CCCP(=O)(O)O)C1CCN(C(=O)OCc4ccc(N(C(=O)[C@@H](NC(=O)CCCCCN5C(=O)C=CC5=O)C(C)C)[C@@H](CCCNC(N)=O)C(N)=O)cc4)CC1)(C3)C2. The van der Waals surface area contributed by atoms with Crippen LogP contribution in [0.25, 0.3) is 21.3 Å². The maximum atomic E-state index is 14.7. The first kappa shape index (κ1) is 80.1. The van der Waals surface area contributed by atoms with Crippen LogP contribution in [0.15, 0.2) is 97.2 Å². The molecule has 31 heteroatoms. The minimum atomic E-state index is -4.30. The Kier molecular flexibility index (Phi) is 24.5. The highest BCUT2D eigenvalue weighted by molar-refractivity contribution is 7.51. The molecule has 3 aromatic carbocycles. The zero-order valence-corrected chi connectivity index (χ0v) is 64.8. The van der Waals surface area contributed by atoms with Crippen molar-refractivity contribution in [2.45, 2.75) is 181 Å². The molecule has 588 valence electrons. The number of unbranched alkanes of at least 4 members (excludes halogenated alkanes) is 2. The average Bonchev–Trinajstić information content (AvgIpc) is 1.27. The molecule has 10 N–H and O–H groups in total. The van der Waals surface area contributed by atoms with Gasteiger partial charge in [0.05, 0.1) is 34.8 Å². The second kappa shape index (κ2) is 33.6. The van der Waals surface area contributed by atoms with Gasteiger partial charge in [0.15, 0.2) is 10.8 Å². The molecule has 4 saturated carbocycles. The lowest BCUT2D eigenvalue weighted by atomic mass is 9.39. The van der Waals surface area contributed by atoms with E-state index in [1.54, 1.807) is 55.3 Å². The summed E-state index contributed by atoms with van der Waals surface area (Å²) < 4.78 is 28.3. The number of benzene rings is 3. The highest BCUT2D eigenvalue weighted by atomic mass is 32.1. The summed E-state index contributed by atoms with van der Waals surface area (Å²) in [6, 6.07) is 20.5. The number of para-hydroxylation sites is 1. The number of aromatic carboxylic acids is 1. The number of urea groups is 1. The lowest BCUT2D eigenvalue weighted by Crippen LogP contribution is -2.64. The van der Waals surface area contributed by atoms with E-state index >= 15 is 0 Å². The van der Waals surface area contributed by atoms with Crippen molar-refractivity contribution < 1.29 is 72.1 Å². The second-order valence-electron chi connectivity index (χ2n) is 32.0. The molecule has 0 radical (unpaired) electrons. The molecule has 2 unspecified atom stereocenters. The van der Waals surface area contributed by atoms with E-state index in [1.165, 1.54) is 28.4 Å². The van der Waals surface area contributed by atoms with Crippen LogP contribution < -0.4 is 37.2 Å². The smallest absolute Gasteiger partial charge is 0.410 e. The number of carbonyl (C=O) groups is 9. The van der Waals surface area contributed by atoms with Crippen molar-refractivity contribution in [3.63, 3.8) is 0 Å². The van der Waals surface area contributed by atoms with E-state index in [0.29, 0.717) is 124 Å². The third kappa shape index (κ3) is 18.9. The number of hydrogen-bond donors (Lipinski definition) is 8. The Bertz CT molecular complexity index is 4480. The Labute approximate surface area is 643 Å². The van der Waals surface area contributed by atoms with Crippen LogP contribution in [0.3, 0.4) is 0 Å². The van der Waals surface area contributed by atoms with Crippen LogP contribution in [0.1, 0.15) is 167 Å². The molecule has 9 amide bonds. The van der Waals surface area contributed by atoms with Gasteiger partial charge >= 0.3 is 25.7 Å². The van der Waals surface area contributed by atoms with Crippen molar-refractivity contribution in [2.75, 3.05) is 73.7 Å². The molecule has 13 rings (SSSR count). The van der Waals surface area contributed by atoms with E-state index in [4.69, 9.17) is 31.0 Å². The molecule has 4 bridgehead atoms. The summed E-state index contributed by atoms with van der Waals surface area (Å²) in [5, 5.41) is 24.6. The van der Waals surface area contributed by atoms with Crippen LogP contribution in [0, 0.1) is 29.1 Å². The molecule has 6 heterocycles. The first-order chi connectivity index (χ1) is 52.4. The highest BCUT2D eigenvalue weighted by Gasteiger charge is 2.66. The number of likely N-dealkylation sites (tertiary alicyclic amines) is 1. The number of imide groups is 1. The highest BCUT2D eigenvalue weighted by Crippen LogP contribution is 2.72. The summed E-state index contributed by atoms with van der Waals surface area (Å²) in [6.45, 7) is 14.0. The van der Waals surface area contributed by atoms with Gasteiger partial charge in [0, 0.05) is 105 Å². The summed E-state index contributed by atoms with van der Waals surface area (Å²) in [6.07, 6.45) is 12.7. The molecule has 4 atom stereocenters. The van der Waals surface area contributed by atoms with Crippen molar-refractivity contribution >= 4 is 99.3 Å². The number of carboxylic acids is 1. The molecule has 3 aromatic heterocycles. The molecule has 29 nitrogen and oxygen atoms in total. The summed E-state index contributed by atoms with van der Waals surface area (Å²) >= 11 is 1.41. The summed E-state index contributed by atoms with van der Waals surface area (Å²) in [4.78, 5) is 155. The summed E-state index contributed by atoms with van der Waals surface area (Å²) in [5.41, 5.74) is 16.5. The third-order valence-corrected chi connectivity index (χ3v) is 24.6. The van der Waals surface area contributed by atoms with Gasteiger partial charge in [-0.15, -0.1) is 0 Å². The van der Waals surface area contributed by atoms with Gasteiger partial charge in [-0.1, -0.05) is 81.9 Å². The van der Waals surface area contributed by atoms with E-state index in [-0.39, 0.29) is 103 Å². The molecular formula is C79H101N14O15PS. The molecule has 110 heavy (non-hydrogen) atoms. The number of thiazole rings is 1. The number of carboxylic acid groups (broad SMARTS) is 1. The maximum absolute atomic E-state index is 14.7. The van der Waals surface area contributed by atoms with Crippen LogP contribution in [0.4, 0.5) is 26.2 Å². The van der Waals surface area contributed by atoms with Gasteiger partial charge in [-0.05, 0) is 185 Å². The largest absolute Gasteiger partial charge is 0.476 e. The first-order valence-electron chi connectivity index (χ1n) is 38.1. The molecule has 0 spiro atoms. The Balaban J connectivity index is 0.662. The van der Waals surface area contributed by atoms with E-state index in [0.717, 1.165) is 70.5 Å². The quantitative estimate of drug-likeness (QED) is 0.0106. The summed E-state index contributed by atoms with van der Waals surface area (Å²) in [7, 11) is -4.30. The normalized spacial score (nSPS) is 21.5. The fourth-order valence-electron chi connectivity index (χ4n) is 18.8. The van der Waals surface area contributed by atoms with E-state index in [2.05, 4.69) is 39.7 Å². The number of nitrogens with one attached hydrogen (secondary N) is 3. The fraction of sp³-hybridized carbons (Fsp3) is 0.519. The Hall–Kier alpha value is -9.45. The molecule has 5 fully saturated rings. The number of hydrogen-bond acceptors (Lipinski definition) is 18. The Morgan fingerprint density at radius 2 is 1.54 bits per heavy atom. The number of ether oxygens (including phenoxy) is 2. The zero-order chi connectivity index (χ0) is 78.5. The van der Waals surface area contributed by atoms with Crippen molar-refractivity contribution in [1.82, 2.24) is 45.1 Å². The van der Waals surface area contributed by atoms with Crippen LogP contribution in [-0.2, 0) is 64.1 Å². The predicted molar refractivity (Wildman–Crippen MR) is 414 cm³/mol. The molecule has 4 aliphatic carbocycles. The van der Waals surface area contributed by atoms with Gasteiger partial charge in [-0.2, -0.15) is 5.10 Å². The number of rotatable bonds is 34. The van der Waals surface area contributed by atoms with Gasteiger partial charge in [-0.3, -0.25) is 58.0 Å². The number of piperidine rings is 1. The second-order valence-corrected chi connectivity index (χ2v) is 34.8. The van der Waals surface area contributed by atoms with Gasteiger partial charge in [0.2, 0.25) is 11.8 Å². The van der Waals surface area contributed by atoms with E-state index < -0.39 is 67.0 Å². The van der Waals surface area contributed by atoms with Crippen LogP contribution in [0.5, 0.6) is 0 Å². The van der Waals surface area contributed by atoms with Crippen molar-refractivity contribution in [2.24, 2.45) is 33.6 Å². The number of nitrogens with two attached hydrogens (primary N) is 2. The first-order valence-corrected chi connectivity index (χ1v) is 40.7. The average molecular weight is 1550 g/mol. The number of nitrogens with zero attached hydrogens (tertiary/aromatic N) is 9. The lowest BCUT2D eigenvalue weighted by molar-refractivity contribution is -0.249. The standard InChI is InChI=1S/C79H101N14O15PS/c1-50(2)67(86-64(94)19-7-6-10-33-91-65(95)26-27-66(91)96)71(99)93(61(69(80)97)17-12-31-82-73(81)102)55-22-20-52(21-23-55)42-107-75(103)89-35-29-54(30-36-89)88(32-13-39-109(104,105)106)37-38-108-79-46-76(4)43-77(5,47-79)45-78(44-76,48-79)49-92-51(3)58(40-83-92)56-24-25-63(85-68(56)72(100)101)90-34-28-53-14-11-15-57(59(53)41-90)70(98)87-74-84-60-16-8-9-18-62(60)110-74/h8-9,11,14-16,18,20-27,40,50,54,61,67H,6-7,10,12-13,17,19,28-39,41-49H2,1-5H3,(H2,80,97)(H,86,94)(H,100,101)(H3,81,82,102)(H,84,87,98)(H2,104,105,106)/t61-,67-,76?,77?,78?,79?/m0/s1. The van der Waals surface area contributed by atoms with Gasteiger partial charge < -0.3 is 56.3 Å². The van der Waals surface area contributed by atoms with E-state index in [1.807, 2.05) is 65.0 Å². The maximum Gasteiger partial charge on any atom is 0.410 e. The van der Waals surface area contributed by atoms with Crippen molar-refractivity contribution in [3.05, 3.63) is 131 Å². The minimum absolute atomic E-state index is 0.0245.